The minimum Gasteiger partial charge on any atom is -0.453 e. The van der Waals surface area contributed by atoms with Crippen molar-refractivity contribution >= 4 is 16.1 Å². The fraction of sp³-hybridized carbons (Fsp3) is 0.682. The fourth-order valence-corrected chi connectivity index (χ4v) is 6.10. The number of hydrogen-bond acceptors (Lipinski definition) is 6. The highest BCUT2D eigenvalue weighted by molar-refractivity contribution is 7.88. The second-order valence-corrected chi connectivity index (χ2v) is 10.6. The third kappa shape index (κ3) is 4.89. The van der Waals surface area contributed by atoms with Crippen LogP contribution in [0.1, 0.15) is 49.7 Å². The molecule has 8 nitrogen and oxygen atoms in total. The van der Waals surface area contributed by atoms with Gasteiger partial charge in [-0.3, -0.25) is 0 Å². The van der Waals surface area contributed by atoms with Crippen molar-refractivity contribution in [3.05, 3.63) is 35.4 Å². The number of sulfonamides is 1. The maximum absolute atomic E-state index is 12.3. The quantitative estimate of drug-likeness (QED) is 0.738. The van der Waals surface area contributed by atoms with Gasteiger partial charge in [-0.25, -0.2) is 17.9 Å². The van der Waals surface area contributed by atoms with Crippen LogP contribution in [0.2, 0.25) is 0 Å². The van der Waals surface area contributed by atoms with Gasteiger partial charge in [0.1, 0.15) is 0 Å². The van der Waals surface area contributed by atoms with E-state index in [0.29, 0.717) is 26.0 Å². The van der Waals surface area contributed by atoms with Crippen LogP contribution in [-0.4, -0.2) is 64.1 Å². The molecule has 4 rings (SSSR count). The number of piperidine rings is 1. The number of ether oxygens (including phenoxy) is 3. The van der Waals surface area contributed by atoms with E-state index in [0.717, 1.165) is 31.9 Å². The number of hydrogen-bond donors (Lipinski definition) is 1. The van der Waals surface area contributed by atoms with Crippen LogP contribution in [0.3, 0.4) is 0 Å². The molecule has 1 aliphatic carbocycles. The summed E-state index contributed by atoms with van der Waals surface area (Å²) in [5.41, 5.74) is 2.36. The molecule has 0 unspecified atom stereocenters. The molecule has 1 aromatic carbocycles. The minimum absolute atomic E-state index is 0.0577. The molecule has 1 spiro atoms. The zero-order valence-corrected chi connectivity index (χ0v) is 19.0. The molecule has 1 amide bonds. The summed E-state index contributed by atoms with van der Waals surface area (Å²) >= 11 is 0. The molecular weight excluding hydrogens is 420 g/mol. The van der Waals surface area contributed by atoms with Gasteiger partial charge in [0.15, 0.2) is 0 Å². The highest BCUT2D eigenvalue weighted by atomic mass is 32.2. The van der Waals surface area contributed by atoms with Crippen LogP contribution in [0.15, 0.2) is 24.3 Å². The molecule has 0 bridgehead atoms. The summed E-state index contributed by atoms with van der Waals surface area (Å²) < 4.78 is 43.8. The Bertz CT molecular complexity index is 897. The first-order valence-electron chi connectivity index (χ1n) is 11.0. The lowest BCUT2D eigenvalue weighted by atomic mass is 9.78. The van der Waals surface area contributed by atoms with Gasteiger partial charge in [-0.15, -0.1) is 0 Å². The van der Waals surface area contributed by atoms with E-state index in [1.54, 1.807) is 4.90 Å². The van der Waals surface area contributed by atoms with Gasteiger partial charge >= 0.3 is 6.09 Å². The maximum Gasteiger partial charge on any atom is 0.409 e. The van der Waals surface area contributed by atoms with Crippen molar-refractivity contribution in [2.75, 3.05) is 26.5 Å². The Morgan fingerprint density at radius 2 is 2.00 bits per heavy atom. The van der Waals surface area contributed by atoms with Crippen molar-refractivity contribution in [1.29, 1.82) is 0 Å². The summed E-state index contributed by atoms with van der Waals surface area (Å²) in [7, 11) is -2.06. The Kier molecular flexibility index (Phi) is 6.57. The van der Waals surface area contributed by atoms with Crippen molar-refractivity contribution < 1.29 is 27.4 Å². The van der Waals surface area contributed by atoms with E-state index in [1.165, 1.54) is 18.2 Å². The van der Waals surface area contributed by atoms with Crippen molar-refractivity contribution in [3.63, 3.8) is 0 Å². The number of carbonyl (C=O) groups is 1. The van der Waals surface area contributed by atoms with Gasteiger partial charge in [-0.2, -0.15) is 0 Å². The number of benzene rings is 1. The largest absolute Gasteiger partial charge is 0.453 e. The predicted molar refractivity (Wildman–Crippen MR) is 115 cm³/mol. The number of fused-ring (bicyclic) bond motifs is 2. The molecule has 1 N–H and O–H groups in total. The Morgan fingerprint density at radius 3 is 2.71 bits per heavy atom. The summed E-state index contributed by atoms with van der Waals surface area (Å²) in [6.07, 6.45) is 5.63. The van der Waals surface area contributed by atoms with Gasteiger partial charge in [-0.1, -0.05) is 24.3 Å². The van der Waals surface area contributed by atoms with E-state index in [-0.39, 0.29) is 24.4 Å². The Labute approximate surface area is 184 Å². The molecule has 1 saturated carbocycles. The second-order valence-electron chi connectivity index (χ2n) is 8.84. The fourth-order valence-electron chi connectivity index (χ4n) is 5.28. The summed E-state index contributed by atoms with van der Waals surface area (Å²) in [6, 6.07) is 7.64. The van der Waals surface area contributed by atoms with Gasteiger partial charge < -0.3 is 19.1 Å². The predicted octanol–water partition coefficient (Wildman–Crippen LogP) is 2.52. The molecule has 1 aromatic rings. The van der Waals surface area contributed by atoms with Gasteiger partial charge in [0.05, 0.1) is 44.3 Å². The maximum atomic E-state index is 12.3. The second kappa shape index (κ2) is 9.05. The lowest BCUT2D eigenvalue weighted by molar-refractivity contribution is -0.102. The van der Waals surface area contributed by atoms with E-state index in [1.807, 2.05) is 6.07 Å². The Morgan fingerprint density at radius 1 is 1.26 bits per heavy atom. The standard InChI is InChI=1S/C22H32N2O6S/c1-28-21(25)24-13-5-8-19(23-31(2,26)27)20(24)15-29-17-9-11-22(12-10-17)18-7-4-3-6-16(18)14-30-22/h3-4,6-7,17,19-20,23H,5,8-15H2,1-2H3/t17-,19-,20-,22+/m0/s1. The average molecular weight is 453 g/mol. The molecule has 0 aromatic heterocycles. The number of methoxy groups -OCH3 is 1. The van der Waals surface area contributed by atoms with Crippen molar-refractivity contribution in [2.24, 2.45) is 0 Å². The first kappa shape index (κ1) is 22.5. The van der Waals surface area contributed by atoms with Gasteiger partial charge in [0, 0.05) is 12.6 Å². The molecular formula is C22H32N2O6S. The number of nitrogens with zero attached hydrogens (tertiary/aromatic N) is 1. The van der Waals surface area contributed by atoms with Gasteiger partial charge in [-0.05, 0) is 49.7 Å². The SMILES string of the molecule is COC(=O)N1CCC[C@H](NS(C)(=O)=O)[C@@H]1CO[C@H]1CC[C@]2(CC1)OCc1ccccc12. The van der Waals surface area contributed by atoms with E-state index in [4.69, 9.17) is 14.2 Å². The number of nitrogens with one attached hydrogen (secondary N) is 1. The number of rotatable bonds is 5. The van der Waals surface area contributed by atoms with E-state index in [9.17, 15) is 13.2 Å². The monoisotopic (exact) mass is 452 g/mol. The summed E-state index contributed by atoms with van der Waals surface area (Å²) in [4.78, 5) is 13.9. The topological polar surface area (TPSA) is 94.2 Å². The van der Waals surface area contributed by atoms with E-state index in [2.05, 4.69) is 22.9 Å². The minimum atomic E-state index is -3.40. The first-order valence-corrected chi connectivity index (χ1v) is 12.9. The Balaban J connectivity index is 1.39. The van der Waals surface area contributed by atoms with E-state index < -0.39 is 22.2 Å². The average Bonchev–Trinajstić information content (AvgIpc) is 3.10. The Hall–Kier alpha value is -1.68. The van der Waals surface area contributed by atoms with Crippen LogP contribution >= 0.6 is 0 Å². The molecule has 2 aliphatic heterocycles. The highest BCUT2D eigenvalue weighted by Gasteiger charge is 2.43. The van der Waals surface area contributed by atoms with Crippen molar-refractivity contribution in [2.45, 2.75) is 68.9 Å². The summed E-state index contributed by atoms with van der Waals surface area (Å²) in [5, 5.41) is 0. The van der Waals surface area contributed by atoms with Crippen LogP contribution in [0, 0.1) is 0 Å². The number of likely N-dealkylation sites (tertiary alicyclic amines) is 1. The summed E-state index contributed by atoms with van der Waals surface area (Å²) in [5.74, 6) is 0. The van der Waals surface area contributed by atoms with Crippen molar-refractivity contribution in [3.8, 4) is 0 Å². The van der Waals surface area contributed by atoms with Crippen LogP contribution in [0.5, 0.6) is 0 Å². The molecule has 2 fully saturated rings. The molecule has 2 heterocycles. The normalized spacial score (nSPS) is 30.9. The van der Waals surface area contributed by atoms with Crippen LogP contribution < -0.4 is 4.72 Å². The van der Waals surface area contributed by atoms with Crippen LogP contribution in [-0.2, 0) is 36.4 Å². The van der Waals surface area contributed by atoms with Crippen LogP contribution in [0.4, 0.5) is 4.79 Å². The number of amides is 1. The molecule has 31 heavy (non-hydrogen) atoms. The first-order chi connectivity index (χ1) is 14.8. The summed E-state index contributed by atoms with van der Waals surface area (Å²) in [6.45, 7) is 1.47. The van der Waals surface area contributed by atoms with Gasteiger partial charge in [0.2, 0.25) is 10.0 Å². The smallest absolute Gasteiger partial charge is 0.409 e. The van der Waals surface area contributed by atoms with Crippen molar-refractivity contribution in [1.82, 2.24) is 9.62 Å². The van der Waals surface area contributed by atoms with Gasteiger partial charge in [0.25, 0.3) is 0 Å². The third-order valence-electron chi connectivity index (χ3n) is 6.81. The lowest BCUT2D eigenvalue weighted by Crippen LogP contribution is -2.59. The van der Waals surface area contributed by atoms with E-state index >= 15 is 0 Å². The molecule has 3 aliphatic rings. The zero-order valence-electron chi connectivity index (χ0n) is 18.2. The number of carbonyl (C=O) groups excluding carboxylic acids is 1. The lowest BCUT2D eigenvalue weighted by Gasteiger charge is -2.42. The zero-order chi connectivity index (χ0) is 22.1. The molecule has 2 atom stereocenters. The molecule has 172 valence electrons. The molecule has 9 heteroatoms. The highest BCUT2D eigenvalue weighted by Crippen LogP contribution is 2.47. The molecule has 0 radical (unpaired) electrons. The third-order valence-corrected chi connectivity index (χ3v) is 7.54. The van der Waals surface area contributed by atoms with Crippen LogP contribution in [0.25, 0.3) is 0 Å². The molecule has 1 saturated heterocycles.